The summed E-state index contributed by atoms with van der Waals surface area (Å²) >= 11 is 0. The van der Waals surface area contributed by atoms with Crippen LogP contribution >= 0.6 is 0 Å². The van der Waals surface area contributed by atoms with Crippen LogP contribution in [-0.4, -0.2) is 60.3 Å². The van der Waals surface area contributed by atoms with Crippen LogP contribution in [-0.2, 0) is 6.54 Å². The topological polar surface area (TPSA) is 120 Å². The van der Waals surface area contributed by atoms with Gasteiger partial charge >= 0.3 is 0 Å². The highest BCUT2D eigenvalue weighted by molar-refractivity contribution is 5.93. The van der Waals surface area contributed by atoms with Gasteiger partial charge in [-0.2, -0.15) is 9.61 Å². The van der Waals surface area contributed by atoms with Crippen LogP contribution in [0.5, 0.6) is 5.75 Å². The number of benzene rings is 1. The molecule has 10 nitrogen and oxygen atoms in total. The largest absolute Gasteiger partial charge is 0.494 e. The molecule has 0 unspecified atom stereocenters. The van der Waals surface area contributed by atoms with Crippen LogP contribution in [0.15, 0.2) is 24.5 Å². The number of piperidine rings is 1. The van der Waals surface area contributed by atoms with E-state index in [4.69, 9.17) is 15.5 Å². The summed E-state index contributed by atoms with van der Waals surface area (Å²) in [5.41, 5.74) is 7.33. The van der Waals surface area contributed by atoms with Crippen LogP contribution in [0, 0.1) is 5.82 Å². The summed E-state index contributed by atoms with van der Waals surface area (Å²) in [6, 6.07) is 2.88. The Hall–Kier alpha value is -3.47. The van der Waals surface area contributed by atoms with Gasteiger partial charge in [0.1, 0.15) is 0 Å². The van der Waals surface area contributed by atoms with Crippen LogP contribution in [0.1, 0.15) is 44.9 Å². The second-order valence-corrected chi connectivity index (χ2v) is 9.21. The zero-order chi connectivity index (χ0) is 24.0. The summed E-state index contributed by atoms with van der Waals surface area (Å²) in [5.74, 6) is 0.534. The molecule has 180 valence electrons. The average Bonchev–Trinajstić information content (AvgIpc) is 3.47. The Morgan fingerprint density at radius 3 is 2.91 bits per heavy atom. The highest BCUT2D eigenvalue weighted by atomic mass is 19.1. The van der Waals surface area contributed by atoms with Gasteiger partial charge in [-0.3, -0.25) is 4.68 Å². The highest BCUT2D eigenvalue weighted by Crippen LogP contribution is 2.31. The molecule has 1 aliphatic rings. The first-order chi connectivity index (χ1) is 16.3. The van der Waals surface area contributed by atoms with E-state index in [0.717, 1.165) is 31.6 Å². The molecule has 5 rings (SSSR count). The summed E-state index contributed by atoms with van der Waals surface area (Å²) in [4.78, 5) is 11.4. The maximum Gasteiger partial charge on any atom is 0.223 e. The lowest BCUT2D eigenvalue weighted by Gasteiger charge is -2.32. The highest BCUT2D eigenvalue weighted by Gasteiger charge is 2.27. The van der Waals surface area contributed by atoms with E-state index in [0.29, 0.717) is 35.3 Å². The van der Waals surface area contributed by atoms with Crippen molar-refractivity contribution in [3.8, 4) is 5.75 Å². The number of methoxy groups -OCH3 is 1. The number of halogens is 1. The number of hydrogen-bond acceptors (Lipinski definition) is 8. The van der Waals surface area contributed by atoms with Crippen molar-refractivity contribution in [2.24, 2.45) is 0 Å². The van der Waals surface area contributed by atoms with Crippen LogP contribution in [0.4, 0.5) is 16.0 Å². The molecule has 0 saturated carbocycles. The molecule has 3 N–H and O–H groups in total. The van der Waals surface area contributed by atoms with E-state index >= 15 is 0 Å². The van der Waals surface area contributed by atoms with Gasteiger partial charge in [-0.1, -0.05) is 6.92 Å². The Morgan fingerprint density at radius 1 is 1.32 bits per heavy atom. The number of fused-ring (bicyclic) bond motifs is 3. The molecule has 0 spiro atoms. The van der Waals surface area contributed by atoms with Gasteiger partial charge < -0.3 is 20.5 Å². The predicted molar refractivity (Wildman–Crippen MR) is 127 cm³/mol. The Morgan fingerprint density at radius 2 is 2.15 bits per heavy atom. The van der Waals surface area contributed by atoms with Crippen molar-refractivity contribution in [3.63, 3.8) is 0 Å². The summed E-state index contributed by atoms with van der Waals surface area (Å²) in [6.45, 7) is 5.83. The molecule has 3 aromatic heterocycles. The molecule has 1 saturated heterocycles. The molecule has 0 radical (unpaired) electrons. The quantitative estimate of drug-likeness (QED) is 0.443. The zero-order valence-corrected chi connectivity index (χ0v) is 19.6. The number of nitrogens with two attached hydrogens (primary N) is 1. The maximum atomic E-state index is 14.4. The third kappa shape index (κ3) is 4.00. The third-order valence-corrected chi connectivity index (χ3v) is 6.62. The summed E-state index contributed by atoms with van der Waals surface area (Å²) in [7, 11) is 1.41. The molecule has 4 aromatic rings. The number of aliphatic hydroxyl groups is 1. The first-order valence-electron chi connectivity index (χ1n) is 11.5. The first-order valence-corrected chi connectivity index (χ1v) is 11.5. The first kappa shape index (κ1) is 22.3. The van der Waals surface area contributed by atoms with Crippen LogP contribution in [0.3, 0.4) is 0 Å². The van der Waals surface area contributed by atoms with Crippen molar-refractivity contribution < 1.29 is 14.2 Å². The smallest absolute Gasteiger partial charge is 0.223 e. The van der Waals surface area contributed by atoms with E-state index in [2.05, 4.69) is 20.1 Å². The van der Waals surface area contributed by atoms with Gasteiger partial charge in [-0.05, 0) is 32.3 Å². The second-order valence-electron chi connectivity index (χ2n) is 9.21. The molecule has 0 bridgehead atoms. The van der Waals surface area contributed by atoms with Crippen molar-refractivity contribution in [1.29, 1.82) is 0 Å². The molecule has 11 heteroatoms. The Labute approximate surface area is 196 Å². The normalized spacial score (nSPS) is 18.5. The summed E-state index contributed by atoms with van der Waals surface area (Å²) < 4.78 is 22.7. The van der Waals surface area contributed by atoms with E-state index < -0.39 is 11.4 Å². The van der Waals surface area contributed by atoms with Gasteiger partial charge in [0, 0.05) is 36.7 Å². The van der Waals surface area contributed by atoms with E-state index in [1.54, 1.807) is 4.68 Å². The fraction of sp³-hybridized carbons (Fsp3) is 0.478. The lowest BCUT2D eigenvalue weighted by atomic mass is 9.97. The minimum atomic E-state index is -0.797. The fourth-order valence-electron chi connectivity index (χ4n) is 4.46. The number of nitrogen functional groups attached to an aromatic ring is 1. The Balaban J connectivity index is 1.44. The molecule has 34 heavy (non-hydrogen) atoms. The number of anilines is 2. The number of rotatable bonds is 6. The fourth-order valence-corrected chi connectivity index (χ4v) is 4.46. The second kappa shape index (κ2) is 8.39. The molecular weight excluding hydrogens is 439 g/mol. The Kier molecular flexibility index (Phi) is 5.51. The van der Waals surface area contributed by atoms with E-state index in [1.807, 2.05) is 26.2 Å². The lowest BCUT2D eigenvalue weighted by molar-refractivity contribution is 0.0345. The van der Waals surface area contributed by atoms with Crippen molar-refractivity contribution in [2.45, 2.75) is 51.2 Å². The van der Waals surface area contributed by atoms with Gasteiger partial charge in [0.25, 0.3) is 0 Å². The van der Waals surface area contributed by atoms with Gasteiger partial charge in [-0.15, -0.1) is 5.10 Å². The number of hydrogen-bond donors (Lipinski definition) is 2. The molecule has 1 aliphatic heterocycles. The van der Waals surface area contributed by atoms with Crippen molar-refractivity contribution in [2.75, 3.05) is 30.8 Å². The average molecular weight is 469 g/mol. The van der Waals surface area contributed by atoms with Gasteiger partial charge in [0.15, 0.2) is 23.0 Å². The molecular formula is C23H29FN8O2. The van der Waals surface area contributed by atoms with Crippen molar-refractivity contribution in [1.82, 2.24) is 29.4 Å². The SMILES string of the molecule is CC[C@@](C)(O)Cn1cc(N2CCC[C@@H](c3nc4c5cc(F)c(OC)cc5nc(N)n4n3)C2)cn1. The monoisotopic (exact) mass is 468 g/mol. The zero-order valence-electron chi connectivity index (χ0n) is 19.6. The standard InChI is InChI=1S/C23H29FN8O2/c1-4-23(2,33)13-31-12-15(10-26-31)30-7-5-6-14(11-30)20-28-21-16-8-17(24)19(34-3)9-18(16)27-22(25)32(21)29-20/h8-10,12,14,33H,4-7,11,13H2,1-3H3,(H2,25,27)/t14-,23-/m1/s1. The minimum Gasteiger partial charge on any atom is -0.494 e. The Bertz CT molecular complexity index is 1350. The summed E-state index contributed by atoms with van der Waals surface area (Å²) in [5, 5.41) is 20.0. The molecule has 0 aliphatic carbocycles. The van der Waals surface area contributed by atoms with Gasteiger partial charge in [-0.25, -0.2) is 14.4 Å². The maximum absolute atomic E-state index is 14.4. The van der Waals surface area contributed by atoms with Crippen LogP contribution in [0.2, 0.25) is 0 Å². The van der Waals surface area contributed by atoms with Crippen molar-refractivity contribution >= 4 is 28.2 Å². The molecule has 0 amide bonds. The number of nitrogens with zero attached hydrogens (tertiary/aromatic N) is 7. The van der Waals surface area contributed by atoms with E-state index in [-0.39, 0.29) is 17.6 Å². The molecule has 2 atom stereocenters. The lowest BCUT2D eigenvalue weighted by Crippen LogP contribution is -2.34. The van der Waals surface area contributed by atoms with Gasteiger partial charge in [0.05, 0.1) is 36.7 Å². The summed E-state index contributed by atoms with van der Waals surface area (Å²) in [6.07, 6.45) is 6.35. The van der Waals surface area contributed by atoms with E-state index in [9.17, 15) is 9.50 Å². The minimum absolute atomic E-state index is 0.0771. The van der Waals surface area contributed by atoms with Gasteiger partial charge in [0.2, 0.25) is 5.95 Å². The number of ether oxygens (including phenoxy) is 1. The van der Waals surface area contributed by atoms with Crippen LogP contribution in [0.25, 0.3) is 16.6 Å². The molecule has 1 fully saturated rings. The molecule has 1 aromatic carbocycles. The molecule has 4 heterocycles. The third-order valence-electron chi connectivity index (χ3n) is 6.62. The van der Waals surface area contributed by atoms with E-state index in [1.165, 1.54) is 23.8 Å². The number of aromatic nitrogens is 6. The van der Waals surface area contributed by atoms with Crippen molar-refractivity contribution in [3.05, 3.63) is 36.2 Å². The van der Waals surface area contributed by atoms with Crippen LogP contribution < -0.4 is 15.4 Å². The predicted octanol–water partition coefficient (Wildman–Crippen LogP) is 2.75.